The number of rotatable bonds is 3. The Hall–Kier alpha value is -1.14. The summed E-state index contributed by atoms with van der Waals surface area (Å²) in [6.45, 7) is 8.74. The second-order valence-electron chi connectivity index (χ2n) is 6.97. The van der Waals surface area contributed by atoms with Crippen molar-refractivity contribution in [1.29, 1.82) is 0 Å². The van der Waals surface area contributed by atoms with Gasteiger partial charge in [0.05, 0.1) is 0 Å². The van der Waals surface area contributed by atoms with Crippen molar-refractivity contribution in [1.82, 2.24) is 10.2 Å². The Labute approximate surface area is 145 Å². The Morgan fingerprint density at radius 1 is 1.48 bits per heavy atom. The first-order chi connectivity index (χ1) is 10.7. The number of nitrogens with zero attached hydrogens (tertiary/aromatic N) is 1. The molecule has 4 nitrogen and oxygen atoms in total. The molecule has 0 radical (unpaired) electrons. The summed E-state index contributed by atoms with van der Waals surface area (Å²) in [6, 6.07) is 5.10. The highest BCUT2D eigenvalue weighted by Crippen LogP contribution is 2.23. The molecule has 0 aromatic heterocycles. The summed E-state index contributed by atoms with van der Waals surface area (Å²) >= 11 is 3.26. The monoisotopic (exact) mass is 386 g/mol. The Balaban J connectivity index is 1.91. The molecule has 1 fully saturated rings. The minimum absolute atomic E-state index is 0.119. The van der Waals surface area contributed by atoms with Crippen LogP contribution >= 0.6 is 15.9 Å². The van der Waals surface area contributed by atoms with Crippen LogP contribution in [-0.2, 0) is 4.74 Å². The van der Waals surface area contributed by atoms with Crippen LogP contribution in [0.1, 0.15) is 45.7 Å². The van der Waals surface area contributed by atoms with Crippen molar-refractivity contribution in [2.75, 3.05) is 13.1 Å². The average Bonchev–Trinajstić information content (AvgIpc) is 2.85. The number of likely N-dealkylation sites (tertiary alicyclic amines) is 1. The summed E-state index contributed by atoms with van der Waals surface area (Å²) in [5.74, 6) is -0.235. The maximum absolute atomic E-state index is 14.0. The standard InChI is InChI=1S/C17H24BrFN2O2/c1-11(14-6-5-12(18)9-15(14)19)20-13-7-8-21(10-13)16(22)23-17(2,3)4/h5-6,9,11,13,20H,7-8,10H2,1-4H3. The minimum atomic E-state index is -0.490. The lowest BCUT2D eigenvalue weighted by atomic mass is 10.1. The van der Waals surface area contributed by atoms with Crippen LogP contribution in [0.2, 0.25) is 0 Å². The molecule has 0 spiro atoms. The van der Waals surface area contributed by atoms with Crippen molar-refractivity contribution in [2.45, 2.75) is 51.8 Å². The van der Waals surface area contributed by atoms with Gasteiger partial charge in [-0.15, -0.1) is 0 Å². The van der Waals surface area contributed by atoms with Gasteiger partial charge in [-0.1, -0.05) is 22.0 Å². The Bertz CT molecular complexity index is 574. The van der Waals surface area contributed by atoms with Crippen molar-refractivity contribution in [2.24, 2.45) is 0 Å². The lowest BCUT2D eigenvalue weighted by molar-refractivity contribution is 0.0290. The number of benzene rings is 1. The van der Waals surface area contributed by atoms with E-state index in [2.05, 4.69) is 21.2 Å². The summed E-state index contributed by atoms with van der Waals surface area (Å²) in [7, 11) is 0. The number of amides is 1. The number of halogens is 2. The summed E-state index contributed by atoms with van der Waals surface area (Å²) in [4.78, 5) is 13.8. The van der Waals surface area contributed by atoms with Crippen LogP contribution < -0.4 is 5.32 Å². The molecule has 128 valence electrons. The van der Waals surface area contributed by atoms with Crippen LogP contribution in [0.25, 0.3) is 0 Å². The predicted molar refractivity (Wildman–Crippen MR) is 91.9 cm³/mol. The smallest absolute Gasteiger partial charge is 0.410 e. The maximum atomic E-state index is 14.0. The highest BCUT2D eigenvalue weighted by molar-refractivity contribution is 9.10. The quantitative estimate of drug-likeness (QED) is 0.843. The zero-order valence-corrected chi connectivity index (χ0v) is 15.6. The van der Waals surface area contributed by atoms with Gasteiger partial charge in [-0.25, -0.2) is 9.18 Å². The van der Waals surface area contributed by atoms with Crippen molar-refractivity contribution in [3.8, 4) is 0 Å². The van der Waals surface area contributed by atoms with E-state index in [1.165, 1.54) is 6.07 Å². The van der Waals surface area contributed by atoms with E-state index >= 15 is 0 Å². The average molecular weight is 387 g/mol. The highest BCUT2D eigenvalue weighted by Gasteiger charge is 2.30. The Morgan fingerprint density at radius 2 is 2.17 bits per heavy atom. The molecule has 1 saturated heterocycles. The molecule has 0 aliphatic carbocycles. The fraction of sp³-hybridized carbons (Fsp3) is 0.588. The van der Waals surface area contributed by atoms with Gasteiger partial charge in [-0.2, -0.15) is 0 Å². The van der Waals surface area contributed by atoms with E-state index in [0.717, 1.165) is 10.9 Å². The molecule has 1 heterocycles. The molecule has 6 heteroatoms. The largest absolute Gasteiger partial charge is 0.444 e. The second-order valence-corrected chi connectivity index (χ2v) is 7.88. The molecule has 1 aromatic carbocycles. The predicted octanol–water partition coefficient (Wildman–Crippen LogP) is 4.25. The van der Waals surface area contributed by atoms with Crippen molar-refractivity contribution in [3.63, 3.8) is 0 Å². The Morgan fingerprint density at radius 3 is 2.78 bits per heavy atom. The molecule has 0 bridgehead atoms. The zero-order valence-electron chi connectivity index (χ0n) is 14.0. The number of carbonyl (C=O) groups is 1. The van der Waals surface area contributed by atoms with Gasteiger partial charge in [0.2, 0.25) is 0 Å². The van der Waals surface area contributed by atoms with Crippen molar-refractivity contribution >= 4 is 22.0 Å². The number of hydrogen-bond acceptors (Lipinski definition) is 3. The number of nitrogens with one attached hydrogen (secondary N) is 1. The van der Waals surface area contributed by atoms with Crippen LogP contribution in [0.15, 0.2) is 22.7 Å². The van der Waals surface area contributed by atoms with Crippen LogP contribution in [-0.4, -0.2) is 35.7 Å². The third-order valence-corrected chi connectivity index (χ3v) is 4.25. The molecule has 0 saturated carbocycles. The van der Waals surface area contributed by atoms with Gasteiger partial charge in [0.1, 0.15) is 11.4 Å². The molecule has 1 aliphatic rings. The number of carbonyl (C=O) groups excluding carboxylic acids is 1. The van der Waals surface area contributed by atoms with E-state index in [0.29, 0.717) is 18.7 Å². The van der Waals surface area contributed by atoms with E-state index in [1.54, 1.807) is 11.0 Å². The van der Waals surface area contributed by atoms with E-state index in [-0.39, 0.29) is 24.0 Å². The third-order valence-electron chi connectivity index (χ3n) is 3.75. The van der Waals surface area contributed by atoms with Gasteiger partial charge >= 0.3 is 6.09 Å². The molecule has 1 amide bonds. The topological polar surface area (TPSA) is 41.6 Å². The van der Waals surface area contributed by atoms with Gasteiger partial charge in [0.25, 0.3) is 0 Å². The highest BCUT2D eigenvalue weighted by atomic mass is 79.9. The van der Waals surface area contributed by atoms with Crippen molar-refractivity contribution < 1.29 is 13.9 Å². The molecule has 1 N–H and O–H groups in total. The first kappa shape index (κ1) is 18.2. The van der Waals surface area contributed by atoms with Gasteiger partial charge in [0.15, 0.2) is 0 Å². The zero-order chi connectivity index (χ0) is 17.2. The van der Waals surface area contributed by atoms with E-state index in [4.69, 9.17) is 4.74 Å². The minimum Gasteiger partial charge on any atom is -0.444 e. The maximum Gasteiger partial charge on any atom is 0.410 e. The van der Waals surface area contributed by atoms with E-state index < -0.39 is 5.60 Å². The number of ether oxygens (including phenoxy) is 1. The third kappa shape index (κ3) is 5.18. The lowest BCUT2D eigenvalue weighted by Gasteiger charge is -2.25. The Kier molecular flexibility index (Phi) is 5.68. The van der Waals surface area contributed by atoms with Crippen LogP contribution in [0.4, 0.5) is 9.18 Å². The normalized spacial score (nSPS) is 19.7. The molecule has 2 unspecified atom stereocenters. The molecule has 23 heavy (non-hydrogen) atoms. The summed E-state index contributed by atoms with van der Waals surface area (Å²) < 4.78 is 20.1. The SMILES string of the molecule is CC(NC1CCN(C(=O)OC(C)(C)C)C1)c1ccc(Br)cc1F. The second kappa shape index (κ2) is 7.18. The summed E-state index contributed by atoms with van der Waals surface area (Å²) in [5.41, 5.74) is 0.139. The van der Waals surface area contributed by atoms with Gasteiger partial charge < -0.3 is 15.0 Å². The summed E-state index contributed by atoms with van der Waals surface area (Å²) in [6.07, 6.45) is 0.547. The lowest BCUT2D eigenvalue weighted by Crippen LogP contribution is -2.39. The fourth-order valence-electron chi connectivity index (χ4n) is 2.68. The molecule has 1 aromatic rings. The van der Waals surface area contributed by atoms with Crippen LogP contribution in [0, 0.1) is 5.82 Å². The van der Waals surface area contributed by atoms with E-state index in [9.17, 15) is 9.18 Å². The number of hydrogen-bond donors (Lipinski definition) is 1. The van der Waals surface area contributed by atoms with E-state index in [1.807, 2.05) is 33.8 Å². The first-order valence-corrected chi connectivity index (χ1v) is 8.64. The fourth-order valence-corrected chi connectivity index (χ4v) is 3.02. The van der Waals surface area contributed by atoms with Crippen molar-refractivity contribution in [3.05, 3.63) is 34.1 Å². The molecule has 2 atom stereocenters. The molecule has 2 rings (SSSR count). The molecular weight excluding hydrogens is 363 g/mol. The van der Waals surface area contributed by atoms with Gasteiger partial charge in [-0.05, 0) is 46.2 Å². The van der Waals surface area contributed by atoms with Gasteiger partial charge in [0, 0.05) is 35.2 Å². The first-order valence-electron chi connectivity index (χ1n) is 7.84. The van der Waals surface area contributed by atoms with Crippen LogP contribution in [0.5, 0.6) is 0 Å². The molecule has 1 aliphatic heterocycles. The van der Waals surface area contributed by atoms with Gasteiger partial charge in [-0.3, -0.25) is 0 Å². The molecular formula is C17H24BrFN2O2. The summed E-state index contributed by atoms with van der Waals surface area (Å²) in [5, 5.41) is 3.40. The van der Waals surface area contributed by atoms with Crippen LogP contribution in [0.3, 0.4) is 0 Å².